The summed E-state index contributed by atoms with van der Waals surface area (Å²) in [6.07, 6.45) is 7.59. The van der Waals surface area contributed by atoms with E-state index in [4.69, 9.17) is 10.5 Å². The zero-order valence-corrected chi connectivity index (χ0v) is 33.2. The number of benzene rings is 2. The third-order valence-electron chi connectivity index (χ3n) is 8.87. The van der Waals surface area contributed by atoms with E-state index in [-0.39, 0.29) is 23.6 Å². The molecule has 292 valence electrons. The summed E-state index contributed by atoms with van der Waals surface area (Å²) in [4.78, 5) is 38.2. The molecular formula is C41H50FN7O5S. The lowest BCUT2D eigenvalue weighted by molar-refractivity contribution is 0.0532. The highest BCUT2D eigenvalue weighted by molar-refractivity contribution is 7.90. The van der Waals surface area contributed by atoms with Gasteiger partial charge in [-0.25, -0.2) is 13.9 Å². The molecule has 3 aromatic rings. The van der Waals surface area contributed by atoms with Crippen molar-refractivity contribution in [2.24, 2.45) is 11.7 Å². The van der Waals surface area contributed by atoms with Crippen LogP contribution in [0.2, 0.25) is 0 Å². The van der Waals surface area contributed by atoms with Gasteiger partial charge in [0.1, 0.15) is 33.5 Å². The van der Waals surface area contributed by atoms with E-state index in [1.54, 1.807) is 70.2 Å². The lowest BCUT2D eigenvalue weighted by Gasteiger charge is -2.39. The minimum absolute atomic E-state index is 0.0756. The fourth-order valence-electron chi connectivity index (χ4n) is 5.67. The number of hydrogen-bond acceptors (Lipinski definition) is 8. The van der Waals surface area contributed by atoms with Gasteiger partial charge < -0.3 is 25.7 Å². The minimum Gasteiger partial charge on any atom is -0.598 e. The normalized spacial score (nSPS) is 15.3. The van der Waals surface area contributed by atoms with Gasteiger partial charge in [0, 0.05) is 29.5 Å². The molecule has 0 radical (unpaired) electrons. The van der Waals surface area contributed by atoms with Crippen LogP contribution in [0.4, 0.5) is 14.9 Å². The number of carbonyl (C=O) groups is 3. The Morgan fingerprint density at radius 3 is 2.31 bits per heavy atom. The summed E-state index contributed by atoms with van der Waals surface area (Å²) in [5, 5.41) is 19.3. The number of carbonyl (C=O) groups excluding carboxylic acids is 3. The Morgan fingerprint density at radius 2 is 1.76 bits per heavy atom. The molecule has 1 aliphatic carbocycles. The summed E-state index contributed by atoms with van der Waals surface area (Å²) in [6, 6.07) is 14.2. The van der Waals surface area contributed by atoms with E-state index in [0.717, 1.165) is 19.3 Å². The molecule has 2 unspecified atom stereocenters. The Bertz CT molecular complexity index is 2020. The predicted octanol–water partition coefficient (Wildman–Crippen LogP) is 7.23. The second kappa shape index (κ2) is 17.5. The zero-order valence-electron chi connectivity index (χ0n) is 32.4. The predicted molar refractivity (Wildman–Crippen MR) is 212 cm³/mol. The molecule has 1 fully saturated rings. The topological polar surface area (TPSA) is 187 Å². The van der Waals surface area contributed by atoms with Gasteiger partial charge in [-0.05, 0) is 120 Å². The van der Waals surface area contributed by atoms with Gasteiger partial charge in [0.15, 0.2) is 5.69 Å². The Kier molecular flexibility index (Phi) is 13.5. The van der Waals surface area contributed by atoms with Crippen molar-refractivity contribution in [1.29, 1.82) is 5.26 Å². The quantitative estimate of drug-likeness (QED) is 0.0920. The monoisotopic (exact) mass is 771 g/mol. The third kappa shape index (κ3) is 11.2. The van der Waals surface area contributed by atoms with Crippen molar-refractivity contribution in [2.45, 2.75) is 90.0 Å². The summed E-state index contributed by atoms with van der Waals surface area (Å²) >= 11 is -1.61. The van der Waals surface area contributed by atoms with Crippen molar-refractivity contribution >= 4 is 40.7 Å². The minimum atomic E-state index is -1.61. The number of rotatable bonds is 15. The highest BCUT2D eigenvalue weighted by Crippen LogP contribution is 2.43. The molecule has 1 aromatic heterocycles. The molecule has 0 spiro atoms. The van der Waals surface area contributed by atoms with Crippen LogP contribution >= 0.6 is 0 Å². The van der Waals surface area contributed by atoms with Crippen LogP contribution < -0.4 is 21.1 Å². The van der Waals surface area contributed by atoms with Crippen molar-refractivity contribution in [2.75, 3.05) is 11.9 Å². The summed E-state index contributed by atoms with van der Waals surface area (Å²) in [5.74, 6) is -1.62. The first kappa shape index (κ1) is 42.5. The summed E-state index contributed by atoms with van der Waals surface area (Å²) < 4.78 is 38.8. The van der Waals surface area contributed by atoms with Crippen LogP contribution in [0, 0.1) is 23.1 Å². The Balaban J connectivity index is 1.76. The van der Waals surface area contributed by atoms with Gasteiger partial charge >= 0.3 is 6.09 Å². The van der Waals surface area contributed by atoms with E-state index >= 15 is 4.39 Å². The second-order valence-electron chi connectivity index (χ2n) is 15.4. The number of nitrogens with one attached hydrogen (secondary N) is 3. The molecule has 3 amide bonds. The molecule has 1 aliphatic rings. The SMILES string of the molecule is C=C/C(=C\C(=C/C)CNC(=O)OC(C)(C)C)n1nc(C#N)cc1C(=O)Nc1cc(C(CCC2CC2)(N[S+]([O-])C(C)(C)C)c2ccc(C(N)=O)cc2)ccc1F. The van der Waals surface area contributed by atoms with Gasteiger partial charge in [-0.1, -0.05) is 43.7 Å². The van der Waals surface area contributed by atoms with Gasteiger partial charge in [-0.2, -0.15) is 10.4 Å². The fraction of sp³-hybridized carbons (Fsp3) is 0.390. The van der Waals surface area contributed by atoms with E-state index < -0.39 is 51.0 Å². The van der Waals surface area contributed by atoms with Gasteiger partial charge in [0.05, 0.1) is 11.4 Å². The number of nitrogens with two attached hydrogens (primary N) is 1. The van der Waals surface area contributed by atoms with Crippen molar-refractivity contribution in [3.05, 3.63) is 113 Å². The lowest BCUT2D eigenvalue weighted by atomic mass is 9.79. The summed E-state index contributed by atoms with van der Waals surface area (Å²) in [5.41, 5.74) is 5.81. The molecule has 4 rings (SSSR count). The van der Waals surface area contributed by atoms with Crippen LogP contribution in [0.15, 0.2) is 78.9 Å². The molecule has 5 N–H and O–H groups in total. The fourth-order valence-corrected chi connectivity index (χ4v) is 6.63. The Labute approximate surface area is 325 Å². The molecule has 12 nitrogen and oxygen atoms in total. The highest BCUT2D eigenvalue weighted by Gasteiger charge is 2.43. The summed E-state index contributed by atoms with van der Waals surface area (Å²) in [7, 11) is 0. The number of ether oxygens (including phenoxy) is 1. The first-order valence-corrected chi connectivity index (χ1v) is 19.1. The number of hydrogen-bond donors (Lipinski definition) is 4. The molecule has 1 saturated carbocycles. The highest BCUT2D eigenvalue weighted by atomic mass is 32.2. The smallest absolute Gasteiger partial charge is 0.407 e. The molecule has 55 heavy (non-hydrogen) atoms. The average molecular weight is 772 g/mol. The van der Waals surface area contributed by atoms with Crippen LogP contribution in [-0.2, 0) is 21.6 Å². The number of aromatic nitrogens is 2. The zero-order chi connectivity index (χ0) is 40.7. The number of halogens is 1. The molecule has 0 bridgehead atoms. The number of allylic oxidation sites excluding steroid dienone is 3. The van der Waals surface area contributed by atoms with Gasteiger partial charge in [0.2, 0.25) is 5.91 Å². The van der Waals surface area contributed by atoms with Crippen LogP contribution in [0.25, 0.3) is 5.70 Å². The largest absolute Gasteiger partial charge is 0.598 e. The number of anilines is 1. The standard InChI is InChI=1S/C41H50FN7O5S/c1-9-26(25-45-38(52)54-39(3,4)5)21-32(10-2)49-35(23-31(24-43)47-49)37(51)46-34-22-30(17-18-33(34)42)41(20-19-27-11-12-27,48-55(53)40(6,7)8)29-15-13-28(14-16-29)36(44)50/h9-10,13-18,21-23,27,48H,2,11-12,19-20,25H2,1,3-8H3,(H2,44,50)(H,45,52)(H,46,51)/b26-9+,32-21+. The maximum absolute atomic E-state index is 15.7. The van der Waals surface area contributed by atoms with Gasteiger partial charge in [0.25, 0.3) is 5.91 Å². The van der Waals surface area contributed by atoms with E-state index in [1.807, 2.05) is 26.8 Å². The van der Waals surface area contributed by atoms with Crippen molar-refractivity contribution in [3.8, 4) is 6.07 Å². The van der Waals surface area contributed by atoms with E-state index in [1.165, 1.54) is 29.0 Å². The van der Waals surface area contributed by atoms with Crippen LogP contribution in [0.3, 0.4) is 0 Å². The maximum Gasteiger partial charge on any atom is 0.407 e. The molecule has 0 aliphatic heterocycles. The molecule has 0 saturated heterocycles. The van der Waals surface area contributed by atoms with Crippen LogP contribution in [-0.4, -0.2) is 49.1 Å². The molecular weight excluding hydrogens is 722 g/mol. The van der Waals surface area contributed by atoms with Crippen LogP contribution in [0.1, 0.15) is 112 Å². The molecule has 14 heteroatoms. The number of nitriles is 1. The number of alkyl carbamates (subject to hydrolysis) is 1. The van der Waals surface area contributed by atoms with Crippen LogP contribution in [0.5, 0.6) is 0 Å². The number of primary amides is 1. The molecule has 2 atom stereocenters. The third-order valence-corrected chi connectivity index (χ3v) is 10.5. The Morgan fingerprint density at radius 1 is 1.11 bits per heavy atom. The van der Waals surface area contributed by atoms with Crippen molar-refractivity contribution in [3.63, 3.8) is 0 Å². The lowest BCUT2D eigenvalue weighted by Crippen LogP contribution is -2.52. The maximum atomic E-state index is 15.7. The second-order valence-corrected chi connectivity index (χ2v) is 17.4. The summed E-state index contributed by atoms with van der Waals surface area (Å²) in [6.45, 7) is 16.5. The number of amides is 3. The molecule has 1 heterocycles. The van der Waals surface area contributed by atoms with E-state index in [0.29, 0.717) is 40.3 Å². The van der Waals surface area contributed by atoms with E-state index in [9.17, 15) is 24.2 Å². The van der Waals surface area contributed by atoms with Gasteiger partial charge in [-0.15, -0.1) is 4.72 Å². The number of nitrogens with zero attached hydrogens (tertiary/aromatic N) is 3. The van der Waals surface area contributed by atoms with Crippen molar-refractivity contribution < 1.29 is 28.1 Å². The van der Waals surface area contributed by atoms with Gasteiger partial charge in [-0.3, -0.25) is 9.59 Å². The van der Waals surface area contributed by atoms with Crippen molar-refractivity contribution in [1.82, 2.24) is 19.8 Å². The Hall–Kier alpha value is -5.23. The first-order chi connectivity index (χ1) is 25.8. The molecule has 2 aromatic carbocycles. The van der Waals surface area contributed by atoms with E-state index in [2.05, 4.69) is 27.0 Å². The first-order valence-electron chi connectivity index (χ1n) is 18.0. The average Bonchev–Trinajstić information content (AvgIpc) is 3.85.